The van der Waals surface area contributed by atoms with Crippen molar-refractivity contribution in [2.45, 2.75) is 0 Å². The van der Waals surface area contributed by atoms with Crippen molar-refractivity contribution < 1.29 is 10.0 Å². The number of non-ortho nitro benzene ring substituents is 1. The van der Waals surface area contributed by atoms with Gasteiger partial charge in [-0.05, 0) is 29.3 Å². The molecule has 8 nitrogen and oxygen atoms in total. The van der Waals surface area contributed by atoms with Gasteiger partial charge in [0, 0.05) is 39.5 Å². The Labute approximate surface area is 226 Å². The number of aromatic nitrogens is 2. The normalized spacial score (nSPS) is 11.4. The summed E-state index contributed by atoms with van der Waals surface area (Å²) in [4.78, 5) is 19.8. The Hall–Kier alpha value is -4.89. The number of aliphatic imine (C=N–C) groups is 1. The maximum atomic E-state index is 11.1. The van der Waals surface area contributed by atoms with Gasteiger partial charge in [0.2, 0.25) is 0 Å². The van der Waals surface area contributed by atoms with Gasteiger partial charge in [0.05, 0.1) is 23.0 Å². The molecule has 0 aliphatic rings. The molecule has 0 aliphatic carbocycles. The van der Waals surface area contributed by atoms with Crippen LogP contribution in [0.3, 0.4) is 0 Å². The molecular weight excluding hydrogens is 546 g/mol. The molecule has 0 aliphatic heterocycles. The summed E-state index contributed by atoms with van der Waals surface area (Å²) in [6.07, 6.45) is 4.75. The monoisotopic (exact) mass is 565 g/mol. The van der Waals surface area contributed by atoms with Crippen LogP contribution in [-0.4, -0.2) is 32.1 Å². The van der Waals surface area contributed by atoms with Crippen LogP contribution in [0.2, 0.25) is 0 Å². The number of aromatic hydroxyl groups is 1. The highest BCUT2D eigenvalue weighted by Crippen LogP contribution is 2.27. The topological polar surface area (TPSA) is 106 Å². The number of benzene rings is 4. The summed E-state index contributed by atoms with van der Waals surface area (Å²) < 4.78 is 2.29. The Kier molecular flexibility index (Phi) is 7.19. The molecule has 0 unspecified atom stereocenters. The van der Waals surface area contributed by atoms with Gasteiger partial charge in [0.25, 0.3) is 11.6 Å². The second-order valence-electron chi connectivity index (χ2n) is 8.27. The SMILES string of the molecule is O=[N+]([O-])c1cccc(C=Nn2cc(-c3ccc(-c4ccccc4)cc3)nc2N=Cc2cc(Br)ccc2O)c1. The first-order chi connectivity index (χ1) is 18.5. The molecule has 0 bridgehead atoms. The summed E-state index contributed by atoms with van der Waals surface area (Å²) in [5.74, 6) is 0.347. The van der Waals surface area contributed by atoms with E-state index in [2.05, 4.69) is 43.1 Å². The van der Waals surface area contributed by atoms with Crippen molar-refractivity contribution in [3.05, 3.63) is 129 Å². The standard InChI is InChI=1S/C29H20BrN5O3/c30-25-13-14-28(36)24(16-25)18-31-29-33-27(23-11-9-22(10-12-23)21-6-2-1-3-7-21)19-34(29)32-17-20-5-4-8-26(15-20)35(37)38/h1-19,36H. The first kappa shape index (κ1) is 24.8. The van der Waals surface area contributed by atoms with Gasteiger partial charge in [-0.15, -0.1) is 0 Å². The van der Waals surface area contributed by atoms with Gasteiger partial charge in [-0.2, -0.15) is 5.10 Å². The Morgan fingerprint density at radius 3 is 2.37 bits per heavy atom. The van der Waals surface area contributed by atoms with Gasteiger partial charge >= 0.3 is 0 Å². The number of phenolic OH excluding ortho intramolecular Hbond substituents is 1. The lowest BCUT2D eigenvalue weighted by molar-refractivity contribution is -0.384. The Bertz CT molecular complexity index is 1660. The summed E-state index contributed by atoms with van der Waals surface area (Å²) in [7, 11) is 0. The van der Waals surface area contributed by atoms with Crippen molar-refractivity contribution in [3.63, 3.8) is 0 Å². The second kappa shape index (κ2) is 11.0. The first-order valence-electron chi connectivity index (χ1n) is 11.5. The fourth-order valence-electron chi connectivity index (χ4n) is 3.74. The highest BCUT2D eigenvalue weighted by Gasteiger charge is 2.10. The zero-order chi connectivity index (χ0) is 26.5. The lowest BCUT2D eigenvalue weighted by Crippen LogP contribution is -1.92. The minimum Gasteiger partial charge on any atom is -0.507 e. The summed E-state index contributed by atoms with van der Waals surface area (Å²) in [6.45, 7) is 0. The van der Waals surface area contributed by atoms with Crippen LogP contribution >= 0.6 is 15.9 Å². The van der Waals surface area contributed by atoms with Gasteiger partial charge < -0.3 is 5.11 Å². The molecule has 0 saturated carbocycles. The van der Waals surface area contributed by atoms with E-state index >= 15 is 0 Å². The molecule has 0 saturated heterocycles. The third kappa shape index (κ3) is 5.74. The molecule has 0 amide bonds. The predicted molar refractivity (Wildman–Crippen MR) is 152 cm³/mol. The van der Waals surface area contributed by atoms with Crippen molar-refractivity contribution in [3.8, 4) is 28.1 Å². The van der Waals surface area contributed by atoms with Gasteiger partial charge in [-0.3, -0.25) is 10.1 Å². The molecule has 0 radical (unpaired) electrons. The van der Waals surface area contributed by atoms with Gasteiger partial charge in [-0.1, -0.05) is 82.7 Å². The average Bonchev–Trinajstić information content (AvgIpc) is 3.36. The van der Waals surface area contributed by atoms with Crippen LogP contribution in [0.4, 0.5) is 11.6 Å². The smallest absolute Gasteiger partial charge is 0.270 e. The molecule has 4 aromatic carbocycles. The van der Waals surface area contributed by atoms with Crippen molar-refractivity contribution in [1.82, 2.24) is 9.66 Å². The van der Waals surface area contributed by atoms with Crippen LogP contribution in [-0.2, 0) is 0 Å². The van der Waals surface area contributed by atoms with Crippen LogP contribution in [0.15, 0.2) is 118 Å². The van der Waals surface area contributed by atoms with E-state index in [0.717, 1.165) is 21.2 Å². The number of halogens is 1. The molecule has 0 spiro atoms. The summed E-state index contributed by atoms with van der Waals surface area (Å²) in [6, 6.07) is 29.3. The molecule has 0 fully saturated rings. The highest BCUT2D eigenvalue weighted by molar-refractivity contribution is 9.10. The van der Waals surface area contributed by atoms with Crippen LogP contribution in [0.5, 0.6) is 5.75 Å². The summed E-state index contributed by atoms with van der Waals surface area (Å²) >= 11 is 3.40. The molecule has 1 aromatic heterocycles. The first-order valence-corrected chi connectivity index (χ1v) is 12.3. The molecule has 0 atom stereocenters. The molecule has 186 valence electrons. The van der Waals surface area contributed by atoms with Crippen molar-refractivity contribution in [1.29, 1.82) is 0 Å². The number of nitro benzene ring substituents is 1. The van der Waals surface area contributed by atoms with E-state index in [1.54, 1.807) is 36.5 Å². The lowest BCUT2D eigenvalue weighted by Gasteiger charge is -2.02. The fraction of sp³-hybridized carbons (Fsp3) is 0. The number of imidazole rings is 1. The molecular formula is C29H20BrN5O3. The molecule has 1 heterocycles. The van der Waals surface area contributed by atoms with Crippen LogP contribution in [0, 0.1) is 10.1 Å². The molecule has 5 aromatic rings. The minimum atomic E-state index is -0.452. The van der Waals surface area contributed by atoms with Crippen LogP contribution < -0.4 is 0 Å². The van der Waals surface area contributed by atoms with Gasteiger partial charge in [0.1, 0.15) is 5.75 Å². The van der Waals surface area contributed by atoms with E-state index in [-0.39, 0.29) is 17.4 Å². The lowest BCUT2D eigenvalue weighted by atomic mass is 10.0. The van der Waals surface area contributed by atoms with Crippen molar-refractivity contribution in [2.75, 3.05) is 0 Å². The largest absolute Gasteiger partial charge is 0.507 e. The third-order valence-corrected chi connectivity index (χ3v) is 6.17. The van der Waals surface area contributed by atoms with Crippen molar-refractivity contribution in [2.24, 2.45) is 10.1 Å². The van der Waals surface area contributed by atoms with E-state index in [1.165, 1.54) is 29.2 Å². The summed E-state index contributed by atoms with van der Waals surface area (Å²) in [5.41, 5.74) is 4.75. The predicted octanol–water partition coefficient (Wildman–Crippen LogP) is 7.23. The summed E-state index contributed by atoms with van der Waals surface area (Å²) in [5, 5.41) is 25.8. The number of nitrogens with zero attached hydrogens (tertiary/aromatic N) is 5. The fourth-order valence-corrected chi connectivity index (χ4v) is 4.12. The number of nitro groups is 1. The number of phenols is 1. The van der Waals surface area contributed by atoms with E-state index in [9.17, 15) is 15.2 Å². The zero-order valence-electron chi connectivity index (χ0n) is 19.8. The maximum absolute atomic E-state index is 11.1. The van der Waals surface area contributed by atoms with Crippen LogP contribution in [0.25, 0.3) is 22.4 Å². The van der Waals surface area contributed by atoms with Gasteiger partial charge in [0.15, 0.2) is 0 Å². The number of hydrogen-bond donors (Lipinski definition) is 1. The third-order valence-electron chi connectivity index (χ3n) is 5.68. The van der Waals surface area contributed by atoms with Crippen LogP contribution in [0.1, 0.15) is 11.1 Å². The minimum absolute atomic E-state index is 0.0258. The molecule has 5 rings (SSSR count). The van der Waals surface area contributed by atoms with Crippen molar-refractivity contribution >= 4 is 40.0 Å². The Morgan fingerprint density at radius 2 is 1.61 bits per heavy atom. The Morgan fingerprint density at radius 1 is 0.868 bits per heavy atom. The molecule has 9 heteroatoms. The second-order valence-corrected chi connectivity index (χ2v) is 9.19. The highest BCUT2D eigenvalue weighted by atomic mass is 79.9. The van der Waals surface area contributed by atoms with Gasteiger partial charge in [-0.25, -0.2) is 14.7 Å². The number of rotatable bonds is 7. The van der Waals surface area contributed by atoms with E-state index < -0.39 is 4.92 Å². The van der Waals surface area contributed by atoms with E-state index in [1.807, 2.05) is 42.5 Å². The average molecular weight is 566 g/mol. The Balaban J connectivity index is 1.51. The maximum Gasteiger partial charge on any atom is 0.270 e. The van der Waals surface area contributed by atoms with E-state index in [0.29, 0.717) is 16.8 Å². The van der Waals surface area contributed by atoms with E-state index in [4.69, 9.17) is 0 Å². The number of hydrogen-bond acceptors (Lipinski definition) is 6. The zero-order valence-corrected chi connectivity index (χ0v) is 21.4. The molecule has 38 heavy (non-hydrogen) atoms. The quantitative estimate of drug-likeness (QED) is 0.127. The molecule has 1 N–H and O–H groups in total.